The number of carbonyl (C=O) groups excluding carboxylic acids is 1. The monoisotopic (exact) mass is 433 g/mol. The van der Waals surface area contributed by atoms with E-state index in [0.29, 0.717) is 23.8 Å². The maximum Gasteiger partial charge on any atom is 0.351 e. The summed E-state index contributed by atoms with van der Waals surface area (Å²) < 4.78 is 13.7. The largest absolute Gasteiger partial charge is 0.494 e. The molecular formula is C23H23N5O4. The second kappa shape index (κ2) is 8.93. The van der Waals surface area contributed by atoms with E-state index in [1.807, 2.05) is 39.0 Å². The topological polar surface area (TPSA) is 99.8 Å². The smallest absolute Gasteiger partial charge is 0.351 e. The maximum absolute atomic E-state index is 12.7. The van der Waals surface area contributed by atoms with Crippen LogP contribution in [0, 0.1) is 13.8 Å². The molecule has 4 rings (SSSR count). The second-order valence-electron chi connectivity index (χ2n) is 7.30. The van der Waals surface area contributed by atoms with Gasteiger partial charge in [0.05, 0.1) is 6.61 Å². The third kappa shape index (κ3) is 4.61. The highest BCUT2D eigenvalue weighted by molar-refractivity contribution is 5.90. The van der Waals surface area contributed by atoms with Crippen molar-refractivity contribution in [1.29, 1.82) is 0 Å². The fourth-order valence-electron chi connectivity index (χ4n) is 3.34. The fourth-order valence-corrected chi connectivity index (χ4v) is 3.34. The highest BCUT2D eigenvalue weighted by Crippen LogP contribution is 2.24. The maximum atomic E-state index is 12.7. The lowest BCUT2D eigenvalue weighted by molar-refractivity contribution is -0.117. The first-order valence-electron chi connectivity index (χ1n) is 10.2. The SMILES string of the molecule is CCOc1ccc(NC(=O)Cn2nc3c(Oc4cc(C)cc(C)c4)nccn3c2=O)cc1. The molecule has 9 heteroatoms. The molecule has 32 heavy (non-hydrogen) atoms. The van der Waals surface area contributed by atoms with Gasteiger partial charge in [-0.3, -0.25) is 4.79 Å². The number of fused-ring (bicyclic) bond motifs is 1. The van der Waals surface area contributed by atoms with Gasteiger partial charge in [-0.15, -0.1) is 5.10 Å². The lowest BCUT2D eigenvalue weighted by Crippen LogP contribution is -2.28. The van der Waals surface area contributed by atoms with E-state index in [1.54, 1.807) is 24.3 Å². The molecule has 0 aliphatic heterocycles. The van der Waals surface area contributed by atoms with Crippen molar-refractivity contribution in [2.75, 3.05) is 11.9 Å². The predicted molar refractivity (Wildman–Crippen MR) is 119 cm³/mol. The van der Waals surface area contributed by atoms with E-state index in [4.69, 9.17) is 9.47 Å². The first-order valence-corrected chi connectivity index (χ1v) is 10.2. The third-order valence-electron chi connectivity index (χ3n) is 4.62. The summed E-state index contributed by atoms with van der Waals surface area (Å²) >= 11 is 0. The molecule has 4 aromatic rings. The zero-order valence-corrected chi connectivity index (χ0v) is 18.0. The Hall–Kier alpha value is -4.14. The number of hydrogen-bond acceptors (Lipinski definition) is 6. The number of nitrogens with one attached hydrogen (secondary N) is 1. The Kier molecular flexibility index (Phi) is 5.89. The average molecular weight is 433 g/mol. The first-order chi connectivity index (χ1) is 15.4. The lowest BCUT2D eigenvalue weighted by Gasteiger charge is -2.07. The Labute approximate surface area is 184 Å². The number of hydrogen-bond donors (Lipinski definition) is 1. The summed E-state index contributed by atoms with van der Waals surface area (Å²) in [5, 5.41) is 7.02. The number of rotatable bonds is 7. The highest BCUT2D eigenvalue weighted by Gasteiger charge is 2.16. The van der Waals surface area contributed by atoms with Gasteiger partial charge in [-0.25, -0.2) is 18.9 Å². The van der Waals surface area contributed by atoms with E-state index in [-0.39, 0.29) is 24.0 Å². The molecule has 1 amide bonds. The minimum absolute atomic E-state index is 0.181. The van der Waals surface area contributed by atoms with Gasteiger partial charge in [-0.05, 0) is 68.3 Å². The molecule has 0 aliphatic carbocycles. The molecule has 2 heterocycles. The Bertz CT molecular complexity index is 1300. The van der Waals surface area contributed by atoms with E-state index in [0.717, 1.165) is 15.8 Å². The van der Waals surface area contributed by atoms with Crippen LogP contribution in [0.2, 0.25) is 0 Å². The van der Waals surface area contributed by atoms with E-state index >= 15 is 0 Å². The standard InChI is InChI=1S/C23H23N5O4/c1-4-31-18-7-5-17(6-8-18)25-20(29)14-28-23(30)27-10-9-24-22(21(27)26-28)32-19-12-15(2)11-16(3)13-19/h5-13H,4,14H2,1-3H3,(H,25,29). The molecule has 164 valence electrons. The van der Waals surface area contributed by atoms with Crippen LogP contribution in [-0.2, 0) is 11.3 Å². The van der Waals surface area contributed by atoms with Crippen LogP contribution in [0.25, 0.3) is 5.65 Å². The Balaban J connectivity index is 1.54. The molecule has 0 aliphatic rings. The number of aromatic nitrogens is 4. The fraction of sp³-hybridized carbons (Fsp3) is 0.217. The molecule has 0 radical (unpaired) electrons. The second-order valence-corrected chi connectivity index (χ2v) is 7.30. The molecule has 0 atom stereocenters. The van der Waals surface area contributed by atoms with Gasteiger partial charge in [0.2, 0.25) is 11.6 Å². The molecule has 2 aromatic heterocycles. The summed E-state index contributed by atoms with van der Waals surface area (Å²) in [4.78, 5) is 29.4. The summed E-state index contributed by atoms with van der Waals surface area (Å²) in [5.74, 6) is 1.11. The predicted octanol–water partition coefficient (Wildman–Crippen LogP) is 3.34. The Morgan fingerprint density at radius 1 is 1.06 bits per heavy atom. The molecule has 0 spiro atoms. The third-order valence-corrected chi connectivity index (χ3v) is 4.62. The highest BCUT2D eigenvalue weighted by atomic mass is 16.5. The van der Waals surface area contributed by atoms with Gasteiger partial charge < -0.3 is 14.8 Å². The summed E-state index contributed by atoms with van der Waals surface area (Å²) in [7, 11) is 0. The molecule has 0 bridgehead atoms. The van der Waals surface area contributed by atoms with Crippen molar-refractivity contribution in [2.45, 2.75) is 27.3 Å². The number of aryl methyl sites for hydroxylation is 2. The summed E-state index contributed by atoms with van der Waals surface area (Å²) in [6.45, 7) is 6.14. The van der Waals surface area contributed by atoms with Gasteiger partial charge in [-0.1, -0.05) is 6.07 Å². The number of anilines is 1. The van der Waals surface area contributed by atoms with E-state index in [2.05, 4.69) is 15.4 Å². The number of amides is 1. The summed E-state index contributed by atoms with van der Waals surface area (Å²) in [6.07, 6.45) is 2.94. The van der Waals surface area contributed by atoms with Crippen LogP contribution in [0.5, 0.6) is 17.4 Å². The average Bonchev–Trinajstić information content (AvgIpc) is 3.05. The quantitative estimate of drug-likeness (QED) is 0.480. The van der Waals surface area contributed by atoms with Gasteiger partial charge in [0.1, 0.15) is 18.0 Å². The zero-order valence-electron chi connectivity index (χ0n) is 18.0. The normalized spacial score (nSPS) is 10.8. The van der Waals surface area contributed by atoms with Crippen LogP contribution < -0.4 is 20.5 Å². The van der Waals surface area contributed by atoms with Crippen molar-refractivity contribution in [3.8, 4) is 17.4 Å². The van der Waals surface area contributed by atoms with Crippen LogP contribution >= 0.6 is 0 Å². The van der Waals surface area contributed by atoms with Crippen LogP contribution in [0.1, 0.15) is 18.1 Å². The van der Waals surface area contributed by atoms with Gasteiger partial charge in [-0.2, -0.15) is 0 Å². The number of carbonyl (C=O) groups is 1. The van der Waals surface area contributed by atoms with Gasteiger partial charge >= 0.3 is 5.69 Å². The molecule has 0 saturated carbocycles. The molecule has 9 nitrogen and oxygen atoms in total. The van der Waals surface area contributed by atoms with Crippen LogP contribution in [0.15, 0.2) is 59.7 Å². The molecular weight excluding hydrogens is 410 g/mol. The molecule has 2 aromatic carbocycles. The zero-order chi connectivity index (χ0) is 22.7. The molecule has 0 saturated heterocycles. The number of ether oxygens (including phenoxy) is 2. The van der Waals surface area contributed by atoms with Crippen LogP contribution in [0.4, 0.5) is 5.69 Å². The van der Waals surface area contributed by atoms with Crippen molar-refractivity contribution in [1.82, 2.24) is 19.2 Å². The Morgan fingerprint density at radius 3 is 2.47 bits per heavy atom. The van der Waals surface area contributed by atoms with Gasteiger partial charge in [0.25, 0.3) is 5.88 Å². The lowest BCUT2D eigenvalue weighted by atomic mass is 10.1. The summed E-state index contributed by atoms with van der Waals surface area (Å²) in [6, 6.07) is 12.8. The van der Waals surface area contributed by atoms with Crippen molar-refractivity contribution in [3.63, 3.8) is 0 Å². The van der Waals surface area contributed by atoms with Gasteiger partial charge in [0.15, 0.2) is 0 Å². The first kappa shape index (κ1) is 21.1. The minimum Gasteiger partial charge on any atom is -0.494 e. The van der Waals surface area contributed by atoms with Crippen LogP contribution in [-0.4, -0.2) is 31.7 Å². The van der Waals surface area contributed by atoms with Crippen molar-refractivity contribution in [3.05, 3.63) is 76.5 Å². The Morgan fingerprint density at radius 2 is 1.78 bits per heavy atom. The van der Waals surface area contributed by atoms with Gasteiger partial charge in [0, 0.05) is 18.1 Å². The minimum atomic E-state index is -0.463. The molecule has 0 fully saturated rings. The van der Waals surface area contributed by atoms with Crippen LogP contribution in [0.3, 0.4) is 0 Å². The van der Waals surface area contributed by atoms with Crippen molar-refractivity contribution in [2.24, 2.45) is 0 Å². The molecule has 0 unspecified atom stereocenters. The number of benzene rings is 2. The van der Waals surface area contributed by atoms with Crippen molar-refractivity contribution < 1.29 is 14.3 Å². The van der Waals surface area contributed by atoms with E-state index < -0.39 is 5.69 Å². The van der Waals surface area contributed by atoms with E-state index in [1.165, 1.54) is 16.8 Å². The van der Waals surface area contributed by atoms with Crippen molar-refractivity contribution >= 4 is 17.2 Å². The number of nitrogens with zero attached hydrogens (tertiary/aromatic N) is 4. The molecule has 1 N–H and O–H groups in total. The summed E-state index contributed by atoms with van der Waals surface area (Å²) in [5.41, 5.74) is 2.44. The van der Waals surface area contributed by atoms with E-state index in [9.17, 15) is 9.59 Å².